The summed E-state index contributed by atoms with van der Waals surface area (Å²) in [6.45, 7) is 0.666. The van der Waals surface area contributed by atoms with Gasteiger partial charge >= 0.3 is 0 Å². The van der Waals surface area contributed by atoms with E-state index >= 15 is 0 Å². The summed E-state index contributed by atoms with van der Waals surface area (Å²) in [5, 5.41) is 0. The lowest BCUT2D eigenvalue weighted by molar-refractivity contribution is 0.302. The maximum atomic E-state index is 13.7. The number of rotatable bonds is 3. The van der Waals surface area contributed by atoms with Gasteiger partial charge in [0.25, 0.3) is 0 Å². The maximum Gasteiger partial charge on any atom is 0.126 e. The Morgan fingerprint density at radius 2 is 2.00 bits per heavy atom. The van der Waals surface area contributed by atoms with E-state index in [1.54, 1.807) is 6.07 Å². The molecule has 2 N–H and O–H groups in total. The summed E-state index contributed by atoms with van der Waals surface area (Å²) in [4.78, 5) is 0. The van der Waals surface area contributed by atoms with E-state index in [-0.39, 0.29) is 11.2 Å². The number of hydrogen-bond acceptors (Lipinski definition) is 1. The van der Waals surface area contributed by atoms with Gasteiger partial charge in [0.15, 0.2) is 0 Å². The maximum absolute atomic E-state index is 13.7. The minimum Gasteiger partial charge on any atom is -0.330 e. The average molecular weight is 286 g/mol. The lowest BCUT2D eigenvalue weighted by Gasteiger charge is -2.27. The fraction of sp³-hybridized carbons (Fsp3) is 0.538. The van der Waals surface area contributed by atoms with Gasteiger partial charge in [-0.1, -0.05) is 28.8 Å². The lowest BCUT2D eigenvalue weighted by atomic mass is 9.80. The van der Waals surface area contributed by atoms with Crippen molar-refractivity contribution in [2.24, 2.45) is 11.1 Å². The van der Waals surface area contributed by atoms with E-state index in [9.17, 15) is 4.39 Å². The summed E-state index contributed by atoms with van der Waals surface area (Å²) in [7, 11) is 0. The van der Waals surface area contributed by atoms with E-state index in [2.05, 4.69) is 15.9 Å². The molecule has 1 fully saturated rings. The van der Waals surface area contributed by atoms with E-state index in [0.29, 0.717) is 6.54 Å². The first-order valence-corrected chi connectivity index (χ1v) is 6.59. The quantitative estimate of drug-likeness (QED) is 0.901. The van der Waals surface area contributed by atoms with Gasteiger partial charge in [-0.25, -0.2) is 4.39 Å². The molecular weight excluding hydrogens is 269 g/mol. The summed E-state index contributed by atoms with van der Waals surface area (Å²) in [6, 6.07) is 5.15. The molecule has 0 atom stereocenters. The molecule has 0 bridgehead atoms. The highest BCUT2D eigenvalue weighted by Gasteiger charge is 2.33. The van der Waals surface area contributed by atoms with Crippen LogP contribution in [0, 0.1) is 11.2 Å². The summed E-state index contributed by atoms with van der Waals surface area (Å²) in [5.74, 6) is -0.108. The second-order valence-corrected chi connectivity index (χ2v) is 5.74. The summed E-state index contributed by atoms with van der Waals surface area (Å²) in [5.41, 5.74) is 6.80. The van der Waals surface area contributed by atoms with Crippen molar-refractivity contribution in [1.29, 1.82) is 0 Å². The first-order chi connectivity index (χ1) is 7.65. The Kier molecular flexibility index (Phi) is 3.65. The lowest BCUT2D eigenvalue weighted by Crippen LogP contribution is -2.30. The molecule has 2 rings (SSSR count). The highest BCUT2D eigenvalue weighted by molar-refractivity contribution is 9.10. The largest absolute Gasteiger partial charge is 0.330 e. The average Bonchev–Trinajstić information content (AvgIpc) is 2.73. The van der Waals surface area contributed by atoms with Gasteiger partial charge < -0.3 is 5.73 Å². The Bertz CT molecular complexity index is 372. The Morgan fingerprint density at radius 1 is 1.31 bits per heavy atom. The van der Waals surface area contributed by atoms with Crippen LogP contribution < -0.4 is 5.73 Å². The van der Waals surface area contributed by atoms with Crippen molar-refractivity contribution in [3.63, 3.8) is 0 Å². The molecule has 0 radical (unpaired) electrons. The van der Waals surface area contributed by atoms with Crippen LogP contribution in [-0.2, 0) is 6.42 Å². The normalized spacial score (nSPS) is 18.9. The van der Waals surface area contributed by atoms with Gasteiger partial charge in [0.2, 0.25) is 0 Å². The third kappa shape index (κ3) is 2.46. The fourth-order valence-corrected chi connectivity index (χ4v) is 3.07. The zero-order chi connectivity index (χ0) is 11.6. The van der Waals surface area contributed by atoms with Crippen LogP contribution >= 0.6 is 15.9 Å². The molecule has 1 aromatic carbocycles. The summed E-state index contributed by atoms with van der Waals surface area (Å²) in [6.07, 6.45) is 5.50. The number of halogens is 2. The Balaban J connectivity index is 2.21. The molecule has 16 heavy (non-hydrogen) atoms. The van der Waals surface area contributed by atoms with Crippen molar-refractivity contribution in [2.45, 2.75) is 32.1 Å². The first-order valence-electron chi connectivity index (χ1n) is 5.79. The Morgan fingerprint density at radius 3 is 2.62 bits per heavy atom. The van der Waals surface area contributed by atoms with Crippen molar-refractivity contribution in [3.05, 3.63) is 34.1 Å². The molecule has 0 heterocycles. The smallest absolute Gasteiger partial charge is 0.126 e. The third-order valence-corrected chi connectivity index (χ3v) is 4.16. The molecule has 0 amide bonds. The predicted octanol–water partition coefficient (Wildman–Crippen LogP) is 3.65. The van der Waals surface area contributed by atoms with E-state index in [0.717, 1.165) is 29.3 Å². The number of nitrogens with two attached hydrogens (primary N) is 1. The molecule has 1 aliphatic carbocycles. The van der Waals surface area contributed by atoms with Crippen LogP contribution in [0.1, 0.15) is 31.2 Å². The van der Waals surface area contributed by atoms with Gasteiger partial charge in [-0.2, -0.15) is 0 Å². The van der Waals surface area contributed by atoms with Gasteiger partial charge in [-0.15, -0.1) is 0 Å². The molecule has 0 spiro atoms. The van der Waals surface area contributed by atoms with Crippen molar-refractivity contribution < 1.29 is 4.39 Å². The van der Waals surface area contributed by atoms with Crippen molar-refractivity contribution >= 4 is 15.9 Å². The third-order valence-electron chi connectivity index (χ3n) is 3.67. The van der Waals surface area contributed by atoms with Crippen molar-refractivity contribution in [1.82, 2.24) is 0 Å². The highest BCUT2D eigenvalue weighted by atomic mass is 79.9. The summed E-state index contributed by atoms with van der Waals surface area (Å²) < 4.78 is 14.6. The first kappa shape index (κ1) is 12.1. The van der Waals surface area contributed by atoms with Crippen LogP contribution in [0.3, 0.4) is 0 Å². The minimum atomic E-state index is -0.108. The van der Waals surface area contributed by atoms with Crippen molar-refractivity contribution in [3.8, 4) is 0 Å². The molecule has 1 aliphatic rings. The minimum absolute atomic E-state index is 0.108. The van der Waals surface area contributed by atoms with Crippen molar-refractivity contribution in [2.75, 3.05) is 6.54 Å². The predicted molar refractivity (Wildman–Crippen MR) is 67.8 cm³/mol. The van der Waals surface area contributed by atoms with E-state index in [1.807, 2.05) is 6.07 Å². The SMILES string of the molecule is NCC1(Cc2cc(Br)ccc2F)CCCC1. The topological polar surface area (TPSA) is 26.0 Å². The van der Waals surface area contributed by atoms with Gasteiger partial charge in [0.05, 0.1) is 0 Å². The second kappa shape index (κ2) is 4.84. The zero-order valence-corrected chi connectivity index (χ0v) is 10.9. The number of benzene rings is 1. The Hall–Kier alpha value is -0.410. The molecule has 1 nitrogen and oxygen atoms in total. The van der Waals surface area contributed by atoms with Crippen LogP contribution in [0.5, 0.6) is 0 Å². The summed E-state index contributed by atoms with van der Waals surface area (Å²) >= 11 is 3.39. The van der Waals surface area contributed by atoms with Crippen LogP contribution in [0.4, 0.5) is 4.39 Å². The van der Waals surface area contributed by atoms with Crippen LogP contribution in [0.2, 0.25) is 0 Å². The van der Waals surface area contributed by atoms with Gasteiger partial charge in [-0.3, -0.25) is 0 Å². The standard InChI is InChI=1S/C13H17BrFN/c14-11-3-4-12(15)10(7-11)8-13(9-16)5-1-2-6-13/h3-4,7H,1-2,5-6,8-9,16H2. The molecular formula is C13H17BrFN. The van der Waals surface area contributed by atoms with Gasteiger partial charge in [0, 0.05) is 4.47 Å². The monoisotopic (exact) mass is 285 g/mol. The Labute approximate surface area is 104 Å². The van der Waals surface area contributed by atoms with Crippen LogP contribution in [0.15, 0.2) is 22.7 Å². The van der Waals surface area contributed by atoms with E-state index < -0.39 is 0 Å². The second-order valence-electron chi connectivity index (χ2n) is 4.82. The molecule has 1 aromatic rings. The molecule has 88 valence electrons. The zero-order valence-electron chi connectivity index (χ0n) is 9.31. The highest BCUT2D eigenvalue weighted by Crippen LogP contribution is 2.40. The fourth-order valence-electron chi connectivity index (χ4n) is 2.66. The number of hydrogen-bond donors (Lipinski definition) is 1. The van der Waals surface area contributed by atoms with Crippen LogP contribution in [0.25, 0.3) is 0 Å². The van der Waals surface area contributed by atoms with Gasteiger partial charge in [-0.05, 0) is 55.0 Å². The van der Waals surface area contributed by atoms with E-state index in [1.165, 1.54) is 18.9 Å². The molecule has 3 heteroatoms. The van der Waals surface area contributed by atoms with Crippen LogP contribution in [-0.4, -0.2) is 6.54 Å². The molecule has 1 saturated carbocycles. The molecule has 0 unspecified atom stereocenters. The molecule has 0 saturated heterocycles. The molecule has 0 aromatic heterocycles. The van der Waals surface area contributed by atoms with E-state index in [4.69, 9.17) is 5.73 Å². The van der Waals surface area contributed by atoms with Gasteiger partial charge in [0.1, 0.15) is 5.82 Å². The molecule has 0 aliphatic heterocycles.